The van der Waals surface area contributed by atoms with Crippen LogP contribution in [0.15, 0.2) is 30.6 Å². The smallest absolute Gasteiger partial charge is 0.225 e. The molecule has 0 saturated heterocycles. The van der Waals surface area contributed by atoms with E-state index in [0.29, 0.717) is 26.8 Å². The van der Waals surface area contributed by atoms with E-state index in [-0.39, 0.29) is 17.3 Å². The molecule has 0 saturated carbocycles. The van der Waals surface area contributed by atoms with Gasteiger partial charge in [0.1, 0.15) is 5.52 Å². The summed E-state index contributed by atoms with van der Waals surface area (Å²) in [6.07, 6.45) is 3.90. The number of benzene rings is 1. The first-order valence-corrected chi connectivity index (χ1v) is 8.29. The number of hydrogen-bond acceptors (Lipinski definition) is 4. The first-order valence-electron chi connectivity index (χ1n) is 7.53. The van der Waals surface area contributed by atoms with E-state index >= 15 is 0 Å². The Balaban J connectivity index is 2.33. The first-order chi connectivity index (χ1) is 11.5. The molecule has 2 aromatic heterocycles. The SMILES string of the molecule is CCC(C)Nc1c(-c2ccc(Cl)cc2Cl)c(F)nc2nccnc12. The number of halogens is 3. The number of fused-ring (bicyclic) bond motifs is 1. The number of nitrogens with one attached hydrogen (secondary N) is 1. The van der Waals surface area contributed by atoms with Crippen molar-refractivity contribution in [1.82, 2.24) is 15.0 Å². The Hall–Kier alpha value is -1.98. The van der Waals surface area contributed by atoms with Crippen LogP contribution in [-0.2, 0) is 0 Å². The van der Waals surface area contributed by atoms with E-state index in [9.17, 15) is 4.39 Å². The van der Waals surface area contributed by atoms with Gasteiger partial charge in [-0.25, -0.2) is 9.97 Å². The van der Waals surface area contributed by atoms with Gasteiger partial charge in [-0.05, 0) is 25.5 Å². The summed E-state index contributed by atoms with van der Waals surface area (Å²) in [4.78, 5) is 12.4. The van der Waals surface area contributed by atoms with Gasteiger partial charge in [-0.15, -0.1) is 0 Å². The lowest BCUT2D eigenvalue weighted by atomic mass is 10.0. The van der Waals surface area contributed by atoms with Crippen LogP contribution in [-0.4, -0.2) is 21.0 Å². The lowest BCUT2D eigenvalue weighted by Crippen LogP contribution is -2.16. The third-order valence-corrected chi connectivity index (χ3v) is 4.33. The Kier molecular flexibility index (Phi) is 4.83. The first kappa shape index (κ1) is 16.9. The molecule has 0 radical (unpaired) electrons. The fourth-order valence-corrected chi connectivity index (χ4v) is 2.89. The molecular weight excluding hydrogens is 350 g/mol. The van der Waals surface area contributed by atoms with E-state index in [0.717, 1.165) is 6.42 Å². The van der Waals surface area contributed by atoms with Gasteiger partial charge in [0.15, 0.2) is 5.65 Å². The summed E-state index contributed by atoms with van der Waals surface area (Å²) in [5.74, 6) is -0.655. The summed E-state index contributed by atoms with van der Waals surface area (Å²) >= 11 is 12.2. The highest BCUT2D eigenvalue weighted by Crippen LogP contribution is 2.39. The molecule has 1 aromatic carbocycles. The average Bonchev–Trinajstić information content (AvgIpc) is 2.56. The van der Waals surface area contributed by atoms with Crippen LogP contribution in [0.3, 0.4) is 0 Å². The van der Waals surface area contributed by atoms with E-state index in [1.165, 1.54) is 6.20 Å². The summed E-state index contributed by atoms with van der Waals surface area (Å²) in [6.45, 7) is 4.05. The van der Waals surface area contributed by atoms with Crippen molar-refractivity contribution >= 4 is 40.1 Å². The van der Waals surface area contributed by atoms with Crippen molar-refractivity contribution in [3.63, 3.8) is 0 Å². The Morgan fingerprint density at radius 1 is 1.21 bits per heavy atom. The van der Waals surface area contributed by atoms with E-state index in [4.69, 9.17) is 23.2 Å². The summed E-state index contributed by atoms with van der Waals surface area (Å²) < 4.78 is 14.8. The van der Waals surface area contributed by atoms with E-state index in [1.54, 1.807) is 24.4 Å². The summed E-state index contributed by atoms with van der Waals surface area (Å²) in [7, 11) is 0. The van der Waals surface area contributed by atoms with Crippen molar-refractivity contribution in [2.45, 2.75) is 26.3 Å². The molecule has 7 heteroatoms. The third kappa shape index (κ3) is 3.14. The molecule has 124 valence electrons. The van der Waals surface area contributed by atoms with Crippen molar-refractivity contribution in [1.29, 1.82) is 0 Å². The lowest BCUT2D eigenvalue weighted by molar-refractivity contribution is 0.591. The predicted octanol–water partition coefficient (Wildman–Crippen LogP) is 5.35. The second kappa shape index (κ2) is 6.87. The third-order valence-electron chi connectivity index (χ3n) is 3.78. The van der Waals surface area contributed by atoms with Gasteiger partial charge in [0.05, 0.1) is 16.3 Å². The molecule has 0 amide bonds. The largest absolute Gasteiger partial charge is 0.380 e. The maximum absolute atomic E-state index is 14.8. The molecule has 3 aromatic rings. The van der Waals surface area contributed by atoms with E-state index < -0.39 is 5.95 Å². The Morgan fingerprint density at radius 2 is 1.96 bits per heavy atom. The molecule has 0 fully saturated rings. The Morgan fingerprint density at radius 3 is 2.67 bits per heavy atom. The summed E-state index contributed by atoms with van der Waals surface area (Å²) in [5, 5.41) is 4.14. The highest BCUT2D eigenvalue weighted by Gasteiger charge is 2.21. The maximum atomic E-state index is 14.8. The molecule has 24 heavy (non-hydrogen) atoms. The van der Waals surface area contributed by atoms with Crippen LogP contribution in [0.1, 0.15) is 20.3 Å². The number of pyridine rings is 1. The van der Waals surface area contributed by atoms with Gasteiger partial charge in [-0.2, -0.15) is 9.37 Å². The van der Waals surface area contributed by atoms with Crippen molar-refractivity contribution in [2.75, 3.05) is 5.32 Å². The number of anilines is 1. The Bertz CT molecular complexity index is 901. The summed E-state index contributed by atoms with van der Waals surface area (Å²) in [5.41, 5.74) is 2.05. The molecule has 2 heterocycles. The predicted molar refractivity (Wildman–Crippen MR) is 96.1 cm³/mol. The van der Waals surface area contributed by atoms with Gasteiger partial charge < -0.3 is 5.32 Å². The molecule has 0 bridgehead atoms. The lowest BCUT2D eigenvalue weighted by Gasteiger charge is -2.19. The molecule has 0 aliphatic carbocycles. The van der Waals surface area contributed by atoms with Crippen LogP contribution >= 0.6 is 23.2 Å². The zero-order chi connectivity index (χ0) is 17.3. The number of hydrogen-bond donors (Lipinski definition) is 1. The van der Waals surface area contributed by atoms with Gasteiger partial charge in [0.2, 0.25) is 5.95 Å². The van der Waals surface area contributed by atoms with Crippen LogP contribution in [0.4, 0.5) is 10.1 Å². The number of rotatable bonds is 4. The summed E-state index contributed by atoms with van der Waals surface area (Å²) in [6, 6.07) is 5.03. The molecular formula is C17H15Cl2FN4. The standard InChI is InChI=1S/C17H15Cl2FN4/c1-3-9(2)23-14-13(11-5-4-10(18)8-12(11)19)16(20)24-17-15(14)21-6-7-22-17/h4-9H,3H2,1-2H3,(H,22,23,24). The monoisotopic (exact) mass is 364 g/mol. The topological polar surface area (TPSA) is 50.7 Å². The molecule has 1 atom stereocenters. The molecule has 1 unspecified atom stereocenters. The Labute approximate surface area is 149 Å². The van der Waals surface area contributed by atoms with Crippen molar-refractivity contribution < 1.29 is 4.39 Å². The van der Waals surface area contributed by atoms with Crippen LogP contribution in [0.2, 0.25) is 10.0 Å². The zero-order valence-electron chi connectivity index (χ0n) is 13.1. The van der Waals surface area contributed by atoms with Crippen LogP contribution < -0.4 is 5.32 Å². The van der Waals surface area contributed by atoms with Gasteiger partial charge in [0, 0.05) is 29.0 Å². The molecule has 3 rings (SSSR count). The highest BCUT2D eigenvalue weighted by molar-refractivity contribution is 6.36. The minimum absolute atomic E-state index is 0.113. The van der Waals surface area contributed by atoms with Gasteiger partial charge >= 0.3 is 0 Å². The molecule has 0 aliphatic heterocycles. The van der Waals surface area contributed by atoms with Gasteiger partial charge in [0.25, 0.3) is 0 Å². The zero-order valence-corrected chi connectivity index (χ0v) is 14.7. The number of nitrogens with zero attached hydrogens (tertiary/aromatic N) is 3. The fourth-order valence-electron chi connectivity index (χ4n) is 2.39. The van der Waals surface area contributed by atoms with E-state index in [2.05, 4.69) is 20.3 Å². The molecule has 0 spiro atoms. The van der Waals surface area contributed by atoms with Crippen LogP contribution in [0.5, 0.6) is 0 Å². The second-order valence-corrected chi connectivity index (χ2v) is 6.30. The fraction of sp³-hybridized carbons (Fsp3) is 0.235. The maximum Gasteiger partial charge on any atom is 0.225 e. The molecule has 4 nitrogen and oxygen atoms in total. The highest BCUT2D eigenvalue weighted by atomic mass is 35.5. The minimum Gasteiger partial charge on any atom is -0.380 e. The van der Waals surface area contributed by atoms with Gasteiger partial charge in [-0.3, -0.25) is 0 Å². The number of aromatic nitrogens is 3. The molecule has 1 N–H and O–H groups in total. The normalized spacial score (nSPS) is 12.4. The van der Waals surface area contributed by atoms with E-state index in [1.807, 2.05) is 13.8 Å². The van der Waals surface area contributed by atoms with Crippen molar-refractivity contribution in [3.05, 3.63) is 46.6 Å². The second-order valence-electron chi connectivity index (χ2n) is 5.46. The average molecular weight is 365 g/mol. The minimum atomic E-state index is -0.655. The van der Waals surface area contributed by atoms with Crippen LogP contribution in [0, 0.1) is 5.95 Å². The molecule has 0 aliphatic rings. The van der Waals surface area contributed by atoms with Crippen LogP contribution in [0.25, 0.3) is 22.3 Å². The van der Waals surface area contributed by atoms with Crippen molar-refractivity contribution in [2.24, 2.45) is 0 Å². The van der Waals surface area contributed by atoms with Crippen molar-refractivity contribution in [3.8, 4) is 11.1 Å². The quantitative estimate of drug-likeness (QED) is 0.634. The van der Waals surface area contributed by atoms with Gasteiger partial charge in [-0.1, -0.05) is 36.2 Å².